The summed E-state index contributed by atoms with van der Waals surface area (Å²) < 4.78 is 0. The summed E-state index contributed by atoms with van der Waals surface area (Å²) in [5, 5.41) is 3.12. The van der Waals surface area contributed by atoms with E-state index in [4.69, 9.17) is 0 Å². The maximum Gasteiger partial charge on any atom is 0.223 e. The van der Waals surface area contributed by atoms with Gasteiger partial charge < -0.3 is 5.32 Å². The van der Waals surface area contributed by atoms with E-state index in [1.807, 2.05) is 0 Å². The van der Waals surface area contributed by atoms with Crippen LogP contribution in [0.15, 0.2) is 0 Å². The highest BCUT2D eigenvalue weighted by Crippen LogP contribution is 2.31. The molecular formula is C15H29NO. The fraction of sp³-hybridized carbons (Fsp3) is 0.933. The van der Waals surface area contributed by atoms with Crippen molar-refractivity contribution < 1.29 is 4.79 Å². The van der Waals surface area contributed by atoms with Gasteiger partial charge in [-0.25, -0.2) is 0 Å². The summed E-state index contributed by atoms with van der Waals surface area (Å²) in [5.74, 6) is 1.48. The summed E-state index contributed by atoms with van der Waals surface area (Å²) in [5.41, 5.74) is 0. The van der Waals surface area contributed by atoms with E-state index < -0.39 is 0 Å². The molecule has 1 unspecified atom stereocenters. The lowest BCUT2D eigenvalue weighted by Gasteiger charge is -2.28. The van der Waals surface area contributed by atoms with Crippen LogP contribution >= 0.6 is 0 Å². The third-order valence-corrected chi connectivity index (χ3v) is 4.18. The van der Waals surface area contributed by atoms with Gasteiger partial charge in [-0.15, -0.1) is 0 Å². The quantitative estimate of drug-likeness (QED) is 0.748. The molecule has 0 spiro atoms. The molecule has 0 radical (unpaired) electrons. The van der Waals surface area contributed by atoms with Crippen LogP contribution in [-0.2, 0) is 4.79 Å². The van der Waals surface area contributed by atoms with E-state index in [1.54, 1.807) is 0 Å². The number of rotatable bonds is 6. The van der Waals surface area contributed by atoms with Crippen molar-refractivity contribution in [3.05, 3.63) is 0 Å². The monoisotopic (exact) mass is 239 g/mol. The van der Waals surface area contributed by atoms with E-state index in [1.165, 1.54) is 32.1 Å². The highest BCUT2D eigenvalue weighted by molar-refractivity contribution is 5.78. The third kappa shape index (κ3) is 5.10. The lowest BCUT2D eigenvalue weighted by atomic mass is 9.79. The first kappa shape index (κ1) is 14.5. The fourth-order valence-electron chi connectivity index (χ4n) is 2.67. The molecule has 1 rings (SSSR count). The second-order valence-electron chi connectivity index (χ2n) is 5.68. The highest BCUT2D eigenvalue weighted by atomic mass is 16.1. The summed E-state index contributed by atoms with van der Waals surface area (Å²) in [6.07, 6.45) is 9.79. The van der Waals surface area contributed by atoms with Crippen LogP contribution in [0.4, 0.5) is 0 Å². The van der Waals surface area contributed by atoms with Gasteiger partial charge >= 0.3 is 0 Å². The van der Waals surface area contributed by atoms with E-state index in [0.29, 0.717) is 17.9 Å². The lowest BCUT2D eigenvalue weighted by molar-refractivity contribution is -0.126. The molecule has 1 saturated carbocycles. The Morgan fingerprint density at radius 3 is 2.41 bits per heavy atom. The Morgan fingerprint density at radius 1 is 1.24 bits per heavy atom. The van der Waals surface area contributed by atoms with Crippen molar-refractivity contribution >= 4 is 5.91 Å². The number of unbranched alkanes of at least 4 members (excludes halogenated alkanes) is 1. The topological polar surface area (TPSA) is 29.1 Å². The van der Waals surface area contributed by atoms with Crippen molar-refractivity contribution in [1.29, 1.82) is 0 Å². The number of hydrogen-bond acceptors (Lipinski definition) is 1. The number of carbonyl (C=O) groups excluding carboxylic acids is 1. The molecule has 1 amide bonds. The maximum atomic E-state index is 12.0. The molecule has 17 heavy (non-hydrogen) atoms. The molecule has 0 bridgehead atoms. The van der Waals surface area contributed by atoms with Gasteiger partial charge in [0.15, 0.2) is 0 Å². The molecule has 0 aliphatic heterocycles. The molecule has 1 aliphatic rings. The summed E-state index contributed by atoms with van der Waals surface area (Å²) in [6, 6.07) is 0.334. The van der Waals surface area contributed by atoms with Gasteiger partial charge in [-0.3, -0.25) is 4.79 Å². The smallest absolute Gasteiger partial charge is 0.223 e. The number of carbonyl (C=O) groups is 1. The molecule has 1 N–H and O–H groups in total. The van der Waals surface area contributed by atoms with E-state index in [2.05, 4.69) is 26.1 Å². The molecule has 1 aliphatic carbocycles. The molecule has 1 fully saturated rings. The van der Waals surface area contributed by atoms with E-state index in [9.17, 15) is 4.79 Å². The molecule has 2 nitrogen and oxygen atoms in total. The lowest BCUT2D eigenvalue weighted by Crippen LogP contribution is -2.38. The molecule has 0 aromatic rings. The van der Waals surface area contributed by atoms with Crippen molar-refractivity contribution in [2.24, 2.45) is 11.8 Å². The molecule has 0 heterocycles. The van der Waals surface area contributed by atoms with Gasteiger partial charge in [0.25, 0.3) is 0 Å². The average Bonchev–Trinajstić information content (AvgIpc) is 2.36. The SMILES string of the molecule is CCCCC1CCC(C(=O)NC(C)CC)CC1. The number of nitrogens with one attached hydrogen (secondary N) is 1. The second-order valence-corrected chi connectivity index (χ2v) is 5.68. The number of amides is 1. The Hall–Kier alpha value is -0.530. The summed E-state index contributed by atoms with van der Waals surface area (Å²) >= 11 is 0. The largest absolute Gasteiger partial charge is 0.353 e. The minimum Gasteiger partial charge on any atom is -0.353 e. The molecular weight excluding hydrogens is 210 g/mol. The van der Waals surface area contributed by atoms with Crippen LogP contribution < -0.4 is 5.32 Å². The Morgan fingerprint density at radius 2 is 1.88 bits per heavy atom. The molecule has 1 atom stereocenters. The predicted octanol–water partition coefficient (Wildman–Crippen LogP) is 3.90. The molecule has 0 aromatic carbocycles. The highest BCUT2D eigenvalue weighted by Gasteiger charge is 2.26. The Balaban J connectivity index is 2.24. The van der Waals surface area contributed by atoms with Crippen LogP contribution in [0.25, 0.3) is 0 Å². The van der Waals surface area contributed by atoms with E-state index in [0.717, 1.165) is 25.2 Å². The zero-order valence-electron chi connectivity index (χ0n) is 11.8. The zero-order chi connectivity index (χ0) is 12.7. The average molecular weight is 239 g/mol. The normalized spacial score (nSPS) is 26.5. The second kappa shape index (κ2) is 7.73. The molecule has 0 saturated heterocycles. The zero-order valence-corrected chi connectivity index (χ0v) is 11.8. The molecule has 2 heteroatoms. The van der Waals surface area contributed by atoms with Crippen molar-refractivity contribution in [3.8, 4) is 0 Å². The van der Waals surface area contributed by atoms with Crippen LogP contribution in [0.5, 0.6) is 0 Å². The minimum absolute atomic E-state index is 0.293. The molecule has 0 aromatic heterocycles. The van der Waals surface area contributed by atoms with Gasteiger partial charge in [0, 0.05) is 12.0 Å². The van der Waals surface area contributed by atoms with Crippen LogP contribution in [0.2, 0.25) is 0 Å². The van der Waals surface area contributed by atoms with E-state index in [-0.39, 0.29) is 0 Å². The summed E-state index contributed by atoms with van der Waals surface area (Å²) in [4.78, 5) is 12.0. The van der Waals surface area contributed by atoms with Gasteiger partial charge in [0.2, 0.25) is 5.91 Å². The van der Waals surface area contributed by atoms with Crippen LogP contribution in [0, 0.1) is 11.8 Å². The van der Waals surface area contributed by atoms with Crippen molar-refractivity contribution in [2.45, 2.75) is 78.2 Å². The first-order valence-electron chi connectivity index (χ1n) is 7.47. The van der Waals surface area contributed by atoms with Gasteiger partial charge in [-0.2, -0.15) is 0 Å². The van der Waals surface area contributed by atoms with Gasteiger partial charge in [0.1, 0.15) is 0 Å². The number of hydrogen-bond donors (Lipinski definition) is 1. The summed E-state index contributed by atoms with van der Waals surface area (Å²) in [7, 11) is 0. The van der Waals surface area contributed by atoms with Crippen LogP contribution in [-0.4, -0.2) is 11.9 Å². The van der Waals surface area contributed by atoms with Crippen molar-refractivity contribution in [2.75, 3.05) is 0 Å². The Kier molecular flexibility index (Phi) is 6.61. The Bertz CT molecular complexity index is 219. The first-order valence-corrected chi connectivity index (χ1v) is 7.47. The van der Waals surface area contributed by atoms with Crippen LogP contribution in [0.3, 0.4) is 0 Å². The fourth-order valence-corrected chi connectivity index (χ4v) is 2.67. The van der Waals surface area contributed by atoms with Gasteiger partial charge in [-0.05, 0) is 44.9 Å². The van der Waals surface area contributed by atoms with Crippen molar-refractivity contribution in [1.82, 2.24) is 5.32 Å². The predicted molar refractivity (Wildman–Crippen MR) is 72.9 cm³/mol. The van der Waals surface area contributed by atoms with Gasteiger partial charge in [0.05, 0.1) is 0 Å². The first-order chi connectivity index (χ1) is 8.17. The van der Waals surface area contributed by atoms with Crippen LogP contribution in [0.1, 0.15) is 72.1 Å². The third-order valence-electron chi connectivity index (χ3n) is 4.18. The van der Waals surface area contributed by atoms with Gasteiger partial charge in [-0.1, -0.05) is 33.1 Å². The standard InChI is InChI=1S/C15H29NO/c1-4-6-7-13-8-10-14(11-9-13)15(17)16-12(3)5-2/h12-14H,4-11H2,1-3H3,(H,16,17). The van der Waals surface area contributed by atoms with E-state index >= 15 is 0 Å². The maximum absolute atomic E-state index is 12.0. The minimum atomic E-state index is 0.293. The van der Waals surface area contributed by atoms with Crippen molar-refractivity contribution in [3.63, 3.8) is 0 Å². The Labute approximate surface area is 107 Å². The molecule has 100 valence electrons. The summed E-state index contributed by atoms with van der Waals surface area (Å²) in [6.45, 7) is 6.46.